The van der Waals surface area contributed by atoms with E-state index in [4.69, 9.17) is 0 Å². The molecule has 3 rings (SSSR count). The molecule has 0 unspecified atom stereocenters. The predicted molar refractivity (Wildman–Crippen MR) is 101 cm³/mol. The fourth-order valence-electron chi connectivity index (χ4n) is 2.53. The lowest BCUT2D eigenvalue weighted by Gasteiger charge is -2.19. The summed E-state index contributed by atoms with van der Waals surface area (Å²) in [4.78, 5) is 12.7. The molecule has 0 spiro atoms. The number of aromatic nitrogens is 5. The highest BCUT2D eigenvalue weighted by atomic mass is 19.3. The van der Waals surface area contributed by atoms with E-state index in [-0.39, 0.29) is 11.1 Å². The van der Waals surface area contributed by atoms with Crippen molar-refractivity contribution in [1.82, 2.24) is 24.6 Å². The molecule has 3 aromatic heterocycles. The summed E-state index contributed by atoms with van der Waals surface area (Å²) in [5.74, 6) is 0.539. The van der Waals surface area contributed by atoms with Crippen LogP contribution in [0.2, 0.25) is 0 Å². The first-order valence-electron chi connectivity index (χ1n) is 8.56. The molecule has 0 aliphatic heterocycles. The number of nitrogens with one attached hydrogen (secondary N) is 1. The molecule has 0 amide bonds. The molecule has 3 aromatic rings. The van der Waals surface area contributed by atoms with Crippen molar-refractivity contribution in [2.75, 3.05) is 11.9 Å². The molecule has 0 radical (unpaired) electrons. The average Bonchev–Trinajstić information content (AvgIpc) is 3.02. The highest BCUT2D eigenvalue weighted by Crippen LogP contribution is 2.25. The summed E-state index contributed by atoms with van der Waals surface area (Å²) in [6.45, 7) is 13.0. The monoisotopic (exact) mass is 372 g/mol. The maximum Gasteiger partial charge on any atom is 0.282 e. The Labute approximate surface area is 156 Å². The number of hydrogen-bond acceptors (Lipinski definition) is 5. The maximum atomic E-state index is 13.1. The minimum Gasteiger partial charge on any atom is -0.354 e. The number of nitrogens with zero attached hydrogens (tertiary/aromatic N) is 5. The van der Waals surface area contributed by atoms with Gasteiger partial charge in [0.05, 0.1) is 17.6 Å². The Morgan fingerprint density at radius 2 is 1.96 bits per heavy atom. The first-order valence-corrected chi connectivity index (χ1v) is 8.56. The van der Waals surface area contributed by atoms with E-state index in [1.165, 1.54) is 0 Å². The van der Waals surface area contributed by atoms with Gasteiger partial charge in [0.25, 0.3) is 6.43 Å². The van der Waals surface area contributed by atoms with Gasteiger partial charge in [-0.05, 0) is 24.5 Å². The normalized spacial score (nSPS) is 12.0. The van der Waals surface area contributed by atoms with Crippen LogP contribution in [0.1, 0.15) is 49.8 Å². The summed E-state index contributed by atoms with van der Waals surface area (Å²) in [5.41, 5.74) is 2.67. The summed E-state index contributed by atoms with van der Waals surface area (Å²) in [5, 5.41) is 7.48. The zero-order valence-corrected chi connectivity index (χ0v) is 15.8. The van der Waals surface area contributed by atoms with Gasteiger partial charge in [0.15, 0.2) is 5.65 Å². The Morgan fingerprint density at radius 3 is 2.59 bits per heavy atom. The number of rotatable bonds is 5. The molecular formula is C19H22F2N6. The summed E-state index contributed by atoms with van der Waals surface area (Å²) in [6.07, 6.45) is 0.141. The van der Waals surface area contributed by atoms with Crippen molar-refractivity contribution < 1.29 is 8.78 Å². The predicted octanol–water partition coefficient (Wildman–Crippen LogP) is 4.28. The molecule has 6 nitrogen and oxygen atoms in total. The van der Waals surface area contributed by atoms with E-state index < -0.39 is 6.43 Å². The number of anilines is 1. The first kappa shape index (κ1) is 18.9. The second kappa shape index (κ2) is 7.02. The lowest BCUT2D eigenvalue weighted by molar-refractivity contribution is 0.143. The van der Waals surface area contributed by atoms with Gasteiger partial charge in [-0.3, -0.25) is 0 Å². The number of aryl methyl sites for hydroxylation is 1. The van der Waals surface area contributed by atoms with E-state index >= 15 is 0 Å². The third kappa shape index (κ3) is 4.10. The fraction of sp³-hybridized carbons (Fsp3) is 0.368. The fourth-order valence-corrected chi connectivity index (χ4v) is 2.53. The molecule has 0 bridgehead atoms. The van der Waals surface area contributed by atoms with Crippen LogP contribution >= 0.6 is 0 Å². The number of fused-ring (bicyclic) bond motifs is 1. The van der Waals surface area contributed by atoms with Gasteiger partial charge in [0.1, 0.15) is 5.69 Å². The molecule has 1 N–H and O–H groups in total. The molecule has 0 saturated carbocycles. The molecular weight excluding hydrogens is 350 g/mol. The van der Waals surface area contributed by atoms with Gasteiger partial charge in [-0.2, -0.15) is 5.10 Å². The van der Waals surface area contributed by atoms with Crippen molar-refractivity contribution >= 4 is 17.2 Å². The van der Waals surface area contributed by atoms with E-state index in [9.17, 15) is 8.78 Å². The minimum absolute atomic E-state index is 0.103. The Balaban J connectivity index is 1.89. The van der Waals surface area contributed by atoms with Gasteiger partial charge in [0.2, 0.25) is 5.95 Å². The summed E-state index contributed by atoms with van der Waals surface area (Å²) in [6, 6.07) is 3.33. The molecule has 0 aliphatic carbocycles. The van der Waals surface area contributed by atoms with Crippen LogP contribution in [-0.4, -0.2) is 31.1 Å². The van der Waals surface area contributed by atoms with Gasteiger partial charge < -0.3 is 5.32 Å². The van der Waals surface area contributed by atoms with Crippen LogP contribution < -0.4 is 5.32 Å². The number of imidazole rings is 1. The van der Waals surface area contributed by atoms with Crippen molar-refractivity contribution in [3.05, 3.63) is 53.8 Å². The molecule has 0 saturated heterocycles. The molecule has 27 heavy (non-hydrogen) atoms. The lowest BCUT2D eigenvalue weighted by atomic mass is 9.97. The molecule has 8 heteroatoms. The van der Waals surface area contributed by atoms with Crippen molar-refractivity contribution in [2.45, 2.75) is 34.1 Å². The summed E-state index contributed by atoms with van der Waals surface area (Å²) < 4.78 is 27.3. The van der Waals surface area contributed by atoms with E-state index in [1.807, 2.05) is 6.92 Å². The zero-order valence-electron chi connectivity index (χ0n) is 15.8. The van der Waals surface area contributed by atoms with Gasteiger partial charge in [-0.1, -0.05) is 27.4 Å². The standard InChI is InChI=1S/C19H22F2N6/c1-11(13-8-23-18(25-12(13)2)24-10-19(3,4)5)14-6-7-16-22-9-15(17(20)21)27(16)26-14/h6-9,17H,1,10H2,2-5H3,(H,23,24,25). The van der Waals surface area contributed by atoms with Crippen molar-refractivity contribution in [2.24, 2.45) is 5.41 Å². The molecule has 0 aliphatic rings. The smallest absolute Gasteiger partial charge is 0.282 e. The minimum atomic E-state index is -2.66. The largest absolute Gasteiger partial charge is 0.354 e. The quantitative estimate of drug-likeness (QED) is 0.724. The van der Waals surface area contributed by atoms with Crippen molar-refractivity contribution in [3.63, 3.8) is 0 Å². The maximum absolute atomic E-state index is 13.1. The van der Waals surface area contributed by atoms with Crippen LogP contribution in [0.25, 0.3) is 11.2 Å². The highest BCUT2D eigenvalue weighted by Gasteiger charge is 2.17. The number of halogens is 2. The molecule has 0 atom stereocenters. The van der Waals surface area contributed by atoms with Crippen molar-refractivity contribution in [3.8, 4) is 0 Å². The van der Waals surface area contributed by atoms with E-state index in [2.05, 4.69) is 52.7 Å². The summed E-state index contributed by atoms with van der Waals surface area (Å²) in [7, 11) is 0. The van der Waals surface area contributed by atoms with Gasteiger partial charge in [0, 0.05) is 23.9 Å². The third-order valence-corrected chi connectivity index (χ3v) is 4.00. The Bertz CT molecular complexity index is 988. The van der Waals surface area contributed by atoms with Gasteiger partial charge in [-0.15, -0.1) is 0 Å². The van der Waals surface area contributed by atoms with Crippen LogP contribution in [0.15, 0.2) is 31.1 Å². The van der Waals surface area contributed by atoms with Crippen LogP contribution in [-0.2, 0) is 0 Å². The van der Waals surface area contributed by atoms with Gasteiger partial charge >= 0.3 is 0 Å². The van der Waals surface area contributed by atoms with Crippen LogP contribution in [0.4, 0.5) is 14.7 Å². The zero-order chi connectivity index (χ0) is 19.8. The highest BCUT2D eigenvalue weighted by molar-refractivity contribution is 5.77. The molecule has 0 fully saturated rings. The Kier molecular flexibility index (Phi) is 4.91. The average molecular weight is 372 g/mol. The van der Waals surface area contributed by atoms with E-state index in [1.54, 1.807) is 18.3 Å². The third-order valence-electron chi connectivity index (χ3n) is 4.00. The van der Waals surface area contributed by atoms with Crippen LogP contribution in [0, 0.1) is 12.3 Å². The number of alkyl halides is 2. The topological polar surface area (TPSA) is 68.0 Å². The molecule has 142 valence electrons. The molecule has 3 heterocycles. The van der Waals surface area contributed by atoms with Gasteiger partial charge in [-0.25, -0.2) is 28.2 Å². The Morgan fingerprint density at radius 1 is 1.22 bits per heavy atom. The van der Waals surface area contributed by atoms with E-state index in [0.717, 1.165) is 23.0 Å². The number of hydrogen-bond donors (Lipinski definition) is 1. The second-order valence-electron chi connectivity index (χ2n) is 7.56. The second-order valence-corrected chi connectivity index (χ2v) is 7.56. The Hall–Kier alpha value is -2.90. The van der Waals surface area contributed by atoms with Crippen molar-refractivity contribution in [1.29, 1.82) is 0 Å². The lowest BCUT2D eigenvalue weighted by Crippen LogP contribution is -2.20. The SMILES string of the molecule is C=C(c1ccc2ncc(C(F)F)n2n1)c1cnc(NCC(C)(C)C)nc1C. The van der Waals surface area contributed by atoms with E-state index in [0.29, 0.717) is 28.4 Å². The first-order chi connectivity index (χ1) is 12.7. The van der Waals surface area contributed by atoms with Crippen LogP contribution in [0.5, 0.6) is 0 Å². The van der Waals surface area contributed by atoms with Crippen LogP contribution in [0.3, 0.4) is 0 Å². The molecule has 0 aromatic carbocycles. The summed E-state index contributed by atoms with van der Waals surface area (Å²) >= 11 is 0.